The second-order valence-corrected chi connectivity index (χ2v) is 3.06. The number of nitrogens with one attached hydrogen (secondary N) is 1. The number of carbonyl (C=O) groups is 1. The molecule has 2 heterocycles. The van der Waals surface area contributed by atoms with E-state index >= 15 is 0 Å². The highest BCUT2D eigenvalue weighted by Crippen LogP contribution is 2.04. The Bertz CT molecular complexity index is 374. The van der Waals surface area contributed by atoms with E-state index in [0.717, 1.165) is 11.4 Å². The maximum absolute atomic E-state index is 11.0. The van der Waals surface area contributed by atoms with Gasteiger partial charge in [-0.3, -0.25) is 9.78 Å². The fourth-order valence-electron chi connectivity index (χ4n) is 1.31. The molecule has 0 bridgehead atoms. The highest BCUT2D eigenvalue weighted by molar-refractivity contribution is 6.02. The molecule has 0 aliphatic carbocycles. The summed E-state index contributed by atoms with van der Waals surface area (Å²) in [6, 6.07) is 3.71. The lowest BCUT2D eigenvalue weighted by molar-refractivity contribution is -0.121. The van der Waals surface area contributed by atoms with E-state index in [9.17, 15) is 4.79 Å². The lowest BCUT2D eigenvalue weighted by Gasteiger charge is -2.24. The van der Waals surface area contributed by atoms with E-state index < -0.39 is 0 Å². The van der Waals surface area contributed by atoms with Crippen LogP contribution in [0.15, 0.2) is 29.6 Å². The number of pyridine rings is 1. The van der Waals surface area contributed by atoms with Crippen molar-refractivity contribution < 1.29 is 4.79 Å². The second-order valence-electron chi connectivity index (χ2n) is 3.06. The lowest BCUT2D eigenvalue weighted by Crippen LogP contribution is -2.43. The van der Waals surface area contributed by atoms with Crippen LogP contribution < -0.4 is 5.43 Å². The Morgan fingerprint density at radius 3 is 2.79 bits per heavy atom. The van der Waals surface area contributed by atoms with E-state index in [1.165, 1.54) is 0 Å². The minimum absolute atomic E-state index is 0.0923. The van der Waals surface area contributed by atoms with Crippen LogP contribution in [-0.4, -0.2) is 35.2 Å². The van der Waals surface area contributed by atoms with Crippen LogP contribution in [0, 0.1) is 0 Å². The molecule has 1 amide bonds. The number of amidine groups is 1. The van der Waals surface area contributed by atoms with Gasteiger partial charge in [0, 0.05) is 25.0 Å². The Morgan fingerprint density at radius 2 is 2.14 bits per heavy atom. The van der Waals surface area contributed by atoms with Crippen LogP contribution in [0.4, 0.5) is 0 Å². The van der Waals surface area contributed by atoms with Crippen LogP contribution in [-0.2, 0) is 4.79 Å². The summed E-state index contributed by atoms with van der Waals surface area (Å²) >= 11 is 0. The molecule has 0 spiro atoms. The monoisotopic (exact) mass is 190 g/mol. The topological polar surface area (TPSA) is 57.6 Å². The number of amides is 1. The molecule has 1 N–H and O–H groups in total. The molecule has 1 aliphatic heterocycles. The first-order valence-corrected chi connectivity index (χ1v) is 4.25. The molecule has 2 rings (SSSR count). The number of likely N-dealkylation sites (N-methyl/N-ethyl adjacent to an activating group) is 1. The summed E-state index contributed by atoms with van der Waals surface area (Å²) in [7, 11) is 1.83. The first-order valence-electron chi connectivity index (χ1n) is 4.25. The highest BCUT2D eigenvalue weighted by atomic mass is 16.2. The highest BCUT2D eigenvalue weighted by Gasteiger charge is 2.17. The minimum atomic E-state index is -0.0923. The molecule has 1 aromatic rings. The van der Waals surface area contributed by atoms with Gasteiger partial charge in [-0.15, -0.1) is 0 Å². The Balaban J connectivity index is 2.31. The molecule has 72 valence electrons. The maximum Gasteiger partial charge on any atom is 0.259 e. The van der Waals surface area contributed by atoms with Gasteiger partial charge < -0.3 is 4.90 Å². The van der Waals surface area contributed by atoms with Crippen molar-refractivity contribution in [1.82, 2.24) is 15.3 Å². The third-order valence-electron chi connectivity index (χ3n) is 1.97. The predicted molar refractivity (Wildman–Crippen MR) is 51.5 cm³/mol. The average Bonchev–Trinajstić information content (AvgIpc) is 2.19. The van der Waals surface area contributed by atoms with E-state index in [0.29, 0.717) is 6.54 Å². The molecule has 1 aliphatic rings. The van der Waals surface area contributed by atoms with Gasteiger partial charge in [0.25, 0.3) is 5.91 Å². The van der Waals surface area contributed by atoms with Crippen LogP contribution in [0.2, 0.25) is 0 Å². The Kier molecular flexibility index (Phi) is 2.14. The van der Waals surface area contributed by atoms with Crippen molar-refractivity contribution in [3.8, 4) is 0 Å². The van der Waals surface area contributed by atoms with Gasteiger partial charge in [-0.05, 0) is 12.1 Å². The Labute approximate surface area is 81.4 Å². The second kappa shape index (κ2) is 3.45. The molecule has 0 saturated heterocycles. The molecular weight excluding hydrogens is 180 g/mol. The largest absolute Gasteiger partial charge is 0.348 e. The average molecular weight is 190 g/mol. The van der Waals surface area contributed by atoms with Crippen LogP contribution >= 0.6 is 0 Å². The van der Waals surface area contributed by atoms with E-state index in [4.69, 9.17) is 0 Å². The van der Waals surface area contributed by atoms with Crippen molar-refractivity contribution in [3.63, 3.8) is 0 Å². The molecular formula is C9H10N4O. The summed E-state index contributed by atoms with van der Waals surface area (Å²) in [5.74, 6) is 0.664. The summed E-state index contributed by atoms with van der Waals surface area (Å²) in [4.78, 5) is 16.7. The van der Waals surface area contributed by atoms with Crippen molar-refractivity contribution in [2.45, 2.75) is 0 Å². The predicted octanol–water partition coefficient (Wildman–Crippen LogP) is -0.195. The number of hydrazone groups is 1. The van der Waals surface area contributed by atoms with Crippen molar-refractivity contribution in [2.24, 2.45) is 5.10 Å². The van der Waals surface area contributed by atoms with Crippen molar-refractivity contribution >= 4 is 11.7 Å². The van der Waals surface area contributed by atoms with E-state index in [1.807, 2.05) is 19.2 Å². The third kappa shape index (κ3) is 1.56. The number of aromatic nitrogens is 1. The normalized spacial score (nSPS) is 16.2. The fourth-order valence-corrected chi connectivity index (χ4v) is 1.31. The van der Waals surface area contributed by atoms with Gasteiger partial charge in [-0.1, -0.05) is 0 Å². The molecule has 0 radical (unpaired) electrons. The molecule has 5 heteroatoms. The number of hydrogen-bond acceptors (Lipinski definition) is 4. The number of hydrogen-bond donors (Lipinski definition) is 1. The Hall–Kier alpha value is -1.91. The summed E-state index contributed by atoms with van der Waals surface area (Å²) in [5, 5.41) is 3.98. The zero-order valence-corrected chi connectivity index (χ0v) is 7.77. The van der Waals surface area contributed by atoms with Gasteiger partial charge in [0.2, 0.25) is 0 Å². The molecule has 0 unspecified atom stereocenters. The number of rotatable bonds is 1. The molecule has 0 fully saturated rings. The SMILES string of the molecule is CN1CC(=O)NN=C1c1ccncc1. The van der Waals surface area contributed by atoms with Crippen molar-refractivity contribution in [1.29, 1.82) is 0 Å². The van der Waals surface area contributed by atoms with Gasteiger partial charge in [0.05, 0.1) is 6.54 Å². The molecule has 1 aromatic heterocycles. The number of nitrogens with zero attached hydrogens (tertiary/aromatic N) is 3. The first kappa shape index (κ1) is 8.68. The fraction of sp³-hybridized carbons (Fsp3) is 0.222. The van der Waals surface area contributed by atoms with Crippen molar-refractivity contribution in [3.05, 3.63) is 30.1 Å². The zero-order chi connectivity index (χ0) is 9.97. The van der Waals surface area contributed by atoms with Crippen molar-refractivity contribution in [2.75, 3.05) is 13.6 Å². The van der Waals surface area contributed by atoms with Crippen LogP contribution in [0.3, 0.4) is 0 Å². The van der Waals surface area contributed by atoms with Gasteiger partial charge >= 0.3 is 0 Å². The summed E-state index contributed by atoms with van der Waals surface area (Å²) in [6.45, 7) is 0.334. The van der Waals surface area contributed by atoms with Crippen LogP contribution in [0.25, 0.3) is 0 Å². The van der Waals surface area contributed by atoms with E-state index in [2.05, 4.69) is 15.5 Å². The van der Waals surface area contributed by atoms with E-state index in [1.54, 1.807) is 17.3 Å². The quantitative estimate of drug-likeness (QED) is 0.667. The summed E-state index contributed by atoms with van der Waals surface area (Å²) in [6.07, 6.45) is 3.39. The molecule has 14 heavy (non-hydrogen) atoms. The molecule has 0 atom stereocenters. The molecule has 0 saturated carbocycles. The van der Waals surface area contributed by atoms with Gasteiger partial charge in [0.1, 0.15) is 0 Å². The minimum Gasteiger partial charge on any atom is -0.348 e. The number of carbonyl (C=O) groups excluding carboxylic acids is 1. The lowest BCUT2D eigenvalue weighted by atomic mass is 10.2. The molecule has 0 aromatic carbocycles. The van der Waals surface area contributed by atoms with E-state index in [-0.39, 0.29) is 5.91 Å². The maximum atomic E-state index is 11.0. The standard InChI is InChI=1S/C9H10N4O/c1-13-6-8(14)11-12-9(13)7-2-4-10-5-3-7/h2-5H,6H2,1H3,(H,11,14). The van der Waals surface area contributed by atoms with Gasteiger partial charge in [-0.25, -0.2) is 5.43 Å². The smallest absolute Gasteiger partial charge is 0.259 e. The van der Waals surface area contributed by atoms with Crippen LogP contribution in [0.5, 0.6) is 0 Å². The van der Waals surface area contributed by atoms with Crippen LogP contribution in [0.1, 0.15) is 5.56 Å². The third-order valence-corrected chi connectivity index (χ3v) is 1.97. The van der Waals surface area contributed by atoms with Gasteiger partial charge in [0.15, 0.2) is 5.84 Å². The zero-order valence-electron chi connectivity index (χ0n) is 7.77. The summed E-state index contributed by atoms with van der Waals surface area (Å²) in [5.41, 5.74) is 3.39. The molecule has 5 nitrogen and oxygen atoms in total. The van der Waals surface area contributed by atoms with Gasteiger partial charge in [-0.2, -0.15) is 5.10 Å². The summed E-state index contributed by atoms with van der Waals surface area (Å²) < 4.78 is 0. The first-order chi connectivity index (χ1) is 6.77. The Morgan fingerprint density at radius 1 is 1.43 bits per heavy atom.